The Labute approximate surface area is 131 Å². The molecule has 0 aromatic heterocycles. The Morgan fingerprint density at radius 3 is 2.64 bits per heavy atom. The number of benzene rings is 1. The summed E-state index contributed by atoms with van der Waals surface area (Å²) in [5.41, 5.74) is 2.31. The lowest BCUT2D eigenvalue weighted by Gasteiger charge is -2.30. The van der Waals surface area contributed by atoms with Crippen molar-refractivity contribution < 1.29 is 9.90 Å². The minimum absolute atomic E-state index is 0.159. The van der Waals surface area contributed by atoms with Gasteiger partial charge < -0.3 is 15.7 Å². The molecule has 1 aromatic rings. The Kier molecular flexibility index (Phi) is 6.26. The molecule has 2 amide bonds. The molecule has 1 aromatic carbocycles. The Morgan fingerprint density at radius 2 is 1.95 bits per heavy atom. The number of carbonyl (C=O) groups excluding carboxylic acids is 1. The van der Waals surface area contributed by atoms with E-state index in [0.29, 0.717) is 6.54 Å². The molecule has 0 spiro atoms. The average Bonchev–Trinajstić information content (AvgIpc) is 2.54. The maximum absolute atomic E-state index is 11.6. The van der Waals surface area contributed by atoms with Gasteiger partial charge in [0, 0.05) is 26.2 Å². The van der Waals surface area contributed by atoms with Crippen LogP contribution in [-0.4, -0.2) is 41.8 Å². The quantitative estimate of drug-likeness (QED) is 0.713. The molecule has 1 fully saturated rings. The molecular weight excluding hydrogens is 278 g/mol. The summed E-state index contributed by atoms with van der Waals surface area (Å²) >= 11 is 0. The molecule has 22 heavy (non-hydrogen) atoms. The van der Waals surface area contributed by atoms with Gasteiger partial charge in [0.15, 0.2) is 0 Å². The molecule has 5 heteroatoms. The van der Waals surface area contributed by atoms with Gasteiger partial charge in [0.1, 0.15) is 0 Å². The second-order valence-corrected chi connectivity index (χ2v) is 5.52. The van der Waals surface area contributed by atoms with Gasteiger partial charge in [-0.05, 0) is 24.0 Å². The highest BCUT2D eigenvalue weighted by atomic mass is 16.3. The van der Waals surface area contributed by atoms with Crippen molar-refractivity contribution in [3.63, 3.8) is 0 Å². The van der Waals surface area contributed by atoms with E-state index in [0.717, 1.165) is 38.0 Å². The largest absolute Gasteiger partial charge is 0.393 e. The van der Waals surface area contributed by atoms with Gasteiger partial charge in [-0.2, -0.15) is 0 Å². The van der Waals surface area contributed by atoms with Crippen LogP contribution in [0.4, 0.5) is 4.79 Å². The van der Waals surface area contributed by atoms with Crippen LogP contribution in [0.1, 0.15) is 24.0 Å². The van der Waals surface area contributed by atoms with Crippen molar-refractivity contribution in [2.45, 2.75) is 32.0 Å². The van der Waals surface area contributed by atoms with Crippen molar-refractivity contribution in [1.82, 2.24) is 15.5 Å². The van der Waals surface area contributed by atoms with Crippen LogP contribution < -0.4 is 10.6 Å². The van der Waals surface area contributed by atoms with Crippen LogP contribution in [0.5, 0.6) is 0 Å². The van der Waals surface area contributed by atoms with Gasteiger partial charge in [0.25, 0.3) is 0 Å². The lowest BCUT2D eigenvalue weighted by molar-refractivity contribution is 0.0791. The summed E-state index contributed by atoms with van der Waals surface area (Å²) < 4.78 is 0. The second kappa shape index (κ2) is 8.42. The van der Waals surface area contributed by atoms with Gasteiger partial charge in [-0.15, -0.1) is 6.42 Å². The van der Waals surface area contributed by atoms with Crippen LogP contribution in [0, 0.1) is 12.3 Å². The Hall–Kier alpha value is -2.03. The number of hydrogen-bond acceptors (Lipinski definition) is 3. The first-order valence-electron chi connectivity index (χ1n) is 7.61. The van der Waals surface area contributed by atoms with Gasteiger partial charge in [-0.3, -0.25) is 4.90 Å². The van der Waals surface area contributed by atoms with Crippen molar-refractivity contribution in [3.05, 3.63) is 35.4 Å². The van der Waals surface area contributed by atoms with E-state index in [-0.39, 0.29) is 18.7 Å². The summed E-state index contributed by atoms with van der Waals surface area (Å²) in [4.78, 5) is 13.9. The molecule has 3 N–H and O–H groups in total. The Balaban J connectivity index is 1.89. The van der Waals surface area contributed by atoms with Crippen molar-refractivity contribution in [2.75, 3.05) is 19.6 Å². The number of piperidine rings is 1. The molecule has 5 nitrogen and oxygen atoms in total. The minimum atomic E-state index is -0.256. The number of terminal acetylenes is 1. The van der Waals surface area contributed by atoms with Gasteiger partial charge >= 0.3 is 6.03 Å². The Morgan fingerprint density at radius 1 is 1.27 bits per heavy atom. The Bertz CT molecular complexity index is 531. The van der Waals surface area contributed by atoms with E-state index in [1.165, 1.54) is 5.56 Å². The highest BCUT2D eigenvalue weighted by Gasteiger charge is 2.17. The number of carbonyl (C=O) groups is 1. The predicted octanol–water partition coefficient (Wildman–Crippen LogP) is 1.08. The summed E-state index contributed by atoms with van der Waals surface area (Å²) in [5, 5.41) is 15.0. The first-order valence-corrected chi connectivity index (χ1v) is 7.61. The number of urea groups is 1. The maximum Gasteiger partial charge on any atom is 0.315 e. The summed E-state index contributed by atoms with van der Waals surface area (Å²) in [7, 11) is 0. The maximum atomic E-state index is 11.6. The number of nitrogens with zero attached hydrogens (tertiary/aromatic N) is 1. The minimum Gasteiger partial charge on any atom is -0.393 e. The summed E-state index contributed by atoms with van der Waals surface area (Å²) in [6.45, 7) is 3.36. The van der Waals surface area contributed by atoms with Crippen LogP contribution in [-0.2, 0) is 13.1 Å². The van der Waals surface area contributed by atoms with E-state index >= 15 is 0 Å². The molecule has 1 aliphatic rings. The van der Waals surface area contributed by atoms with E-state index in [4.69, 9.17) is 6.42 Å². The molecule has 0 bridgehead atoms. The van der Waals surface area contributed by atoms with Crippen molar-refractivity contribution >= 4 is 6.03 Å². The zero-order valence-corrected chi connectivity index (χ0v) is 12.7. The number of amides is 2. The SMILES string of the molecule is C#CCNC(=O)NCc1ccccc1CN1CCC(O)CC1. The third kappa shape index (κ3) is 5.06. The summed E-state index contributed by atoms with van der Waals surface area (Å²) in [6, 6.07) is 7.83. The normalized spacial score (nSPS) is 16.0. The molecular formula is C17H23N3O2. The molecule has 1 aliphatic heterocycles. The van der Waals surface area contributed by atoms with Gasteiger partial charge in [-0.1, -0.05) is 30.2 Å². The van der Waals surface area contributed by atoms with Gasteiger partial charge in [0.2, 0.25) is 0 Å². The number of nitrogens with one attached hydrogen (secondary N) is 2. The van der Waals surface area contributed by atoms with E-state index in [9.17, 15) is 9.90 Å². The number of aliphatic hydroxyl groups is 1. The first kappa shape index (κ1) is 16.3. The number of rotatable bonds is 5. The monoisotopic (exact) mass is 301 g/mol. The van der Waals surface area contributed by atoms with E-state index in [2.05, 4.69) is 27.5 Å². The zero-order chi connectivity index (χ0) is 15.8. The number of likely N-dealkylation sites (tertiary alicyclic amines) is 1. The fraction of sp³-hybridized carbons (Fsp3) is 0.471. The lowest BCUT2D eigenvalue weighted by Crippen LogP contribution is -2.37. The average molecular weight is 301 g/mol. The van der Waals surface area contributed by atoms with Gasteiger partial charge in [0.05, 0.1) is 12.6 Å². The number of hydrogen-bond donors (Lipinski definition) is 3. The van der Waals surface area contributed by atoms with E-state index in [1.807, 2.05) is 18.2 Å². The standard InChI is InChI=1S/C17H23N3O2/c1-2-9-18-17(22)19-12-14-5-3-4-6-15(14)13-20-10-7-16(21)8-11-20/h1,3-6,16,21H,7-13H2,(H2,18,19,22). The smallest absolute Gasteiger partial charge is 0.315 e. The zero-order valence-electron chi connectivity index (χ0n) is 12.7. The summed E-state index contributed by atoms with van der Waals surface area (Å²) in [5.74, 6) is 2.37. The molecule has 0 atom stereocenters. The second-order valence-electron chi connectivity index (χ2n) is 5.52. The molecule has 0 aliphatic carbocycles. The van der Waals surface area contributed by atoms with Crippen LogP contribution >= 0.6 is 0 Å². The number of aliphatic hydroxyl groups excluding tert-OH is 1. The van der Waals surface area contributed by atoms with Crippen molar-refractivity contribution in [3.8, 4) is 12.3 Å². The van der Waals surface area contributed by atoms with Crippen LogP contribution in [0.15, 0.2) is 24.3 Å². The van der Waals surface area contributed by atoms with Crippen molar-refractivity contribution in [2.24, 2.45) is 0 Å². The van der Waals surface area contributed by atoms with E-state index in [1.54, 1.807) is 0 Å². The molecule has 118 valence electrons. The fourth-order valence-electron chi connectivity index (χ4n) is 2.57. The van der Waals surface area contributed by atoms with Crippen molar-refractivity contribution in [1.29, 1.82) is 0 Å². The lowest BCUT2D eigenvalue weighted by atomic mass is 10.0. The topological polar surface area (TPSA) is 64.6 Å². The van der Waals surface area contributed by atoms with Crippen LogP contribution in [0.2, 0.25) is 0 Å². The van der Waals surface area contributed by atoms with E-state index < -0.39 is 0 Å². The summed E-state index contributed by atoms with van der Waals surface area (Å²) in [6.07, 6.45) is 6.60. The fourth-order valence-corrected chi connectivity index (χ4v) is 2.57. The molecule has 1 heterocycles. The van der Waals surface area contributed by atoms with Gasteiger partial charge in [-0.25, -0.2) is 4.79 Å². The first-order chi connectivity index (χ1) is 10.7. The highest BCUT2D eigenvalue weighted by molar-refractivity contribution is 5.74. The third-order valence-corrected chi connectivity index (χ3v) is 3.86. The molecule has 2 rings (SSSR count). The predicted molar refractivity (Wildman–Crippen MR) is 86.0 cm³/mol. The highest BCUT2D eigenvalue weighted by Crippen LogP contribution is 2.16. The molecule has 1 saturated heterocycles. The molecule has 0 unspecified atom stereocenters. The molecule has 0 saturated carbocycles. The van der Waals surface area contributed by atoms with Crippen LogP contribution in [0.25, 0.3) is 0 Å². The third-order valence-electron chi connectivity index (χ3n) is 3.86. The van der Waals surface area contributed by atoms with Crippen LogP contribution in [0.3, 0.4) is 0 Å². The molecule has 0 radical (unpaired) electrons.